The van der Waals surface area contributed by atoms with Crippen LogP contribution in [0.2, 0.25) is 0 Å². The van der Waals surface area contributed by atoms with Crippen molar-refractivity contribution in [3.63, 3.8) is 0 Å². The average Bonchev–Trinajstić information content (AvgIpc) is 2.83. The van der Waals surface area contributed by atoms with E-state index in [9.17, 15) is 4.79 Å². The van der Waals surface area contributed by atoms with Crippen molar-refractivity contribution in [2.75, 3.05) is 13.2 Å². The SMILES string of the molecule is CC(C)C1NC(C(C)C)N(C2CCOC2)C1=O. The molecular weight excluding hydrogens is 216 g/mol. The minimum Gasteiger partial charge on any atom is -0.379 e. The summed E-state index contributed by atoms with van der Waals surface area (Å²) < 4.78 is 5.42. The number of nitrogens with zero attached hydrogens (tertiary/aromatic N) is 1. The Balaban J connectivity index is 2.17. The van der Waals surface area contributed by atoms with Crippen molar-refractivity contribution in [1.29, 1.82) is 0 Å². The fraction of sp³-hybridized carbons (Fsp3) is 0.923. The summed E-state index contributed by atoms with van der Waals surface area (Å²) >= 11 is 0. The van der Waals surface area contributed by atoms with Crippen LogP contribution in [0.4, 0.5) is 0 Å². The Morgan fingerprint density at radius 3 is 2.47 bits per heavy atom. The van der Waals surface area contributed by atoms with E-state index in [0.29, 0.717) is 18.4 Å². The lowest BCUT2D eigenvalue weighted by atomic mass is 10.0. The standard InChI is InChI=1S/C13H24N2O2/c1-8(2)11-13(16)15(10-5-6-17-7-10)12(14-11)9(3)4/h8-12,14H,5-7H2,1-4H3. The topological polar surface area (TPSA) is 41.6 Å². The fourth-order valence-electron chi connectivity index (χ4n) is 2.77. The number of hydrogen-bond acceptors (Lipinski definition) is 3. The third-order valence-electron chi connectivity index (χ3n) is 3.77. The van der Waals surface area contributed by atoms with Crippen molar-refractivity contribution in [2.24, 2.45) is 11.8 Å². The van der Waals surface area contributed by atoms with Crippen molar-refractivity contribution in [1.82, 2.24) is 10.2 Å². The Morgan fingerprint density at radius 1 is 1.29 bits per heavy atom. The normalized spacial score (nSPS) is 34.4. The van der Waals surface area contributed by atoms with Gasteiger partial charge in [-0.25, -0.2) is 0 Å². The maximum absolute atomic E-state index is 12.5. The second kappa shape index (κ2) is 4.94. The highest BCUT2D eigenvalue weighted by molar-refractivity contribution is 5.85. The smallest absolute Gasteiger partial charge is 0.241 e. The summed E-state index contributed by atoms with van der Waals surface area (Å²) in [7, 11) is 0. The molecule has 2 aliphatic heterocycles. The zero-order valence-electron chi connectivity index (χ0n) is 11.3. The zero-order chi connectivity index (χ0) is 12.6. The number of carbonyl (C=O) groups excluding carboxylic acids is 1. The highest BCUT2D eigenvalue weighted by Gasteiger charge is 2.45. The van der Waals surface area contributed by atoms with Crippen LogP contribution in [0.1, 0.15) is 34.1 Å². The number of rotatable bonds is 3. The number of ether oxygens (including phenoxy) is 1. The van der Waals surface area contributed by atoms with E-state index >= 15 is 0 Å². The molecule has 1 amide bonds. The Hall–Kier alpha value is -0.610. The van der Waals surface area contributed by atoms with Crippen molar-refractivity contribution in [3.05, 3.63) is 0 Å². The van der Waals surface area contributed by atoms with E-state index in [1.165, 1.54) is 0 Å². The fourth-order valence-corrected chi connectivity index (χ4v) is 2.77. The molecule has 1 N–H and O–H groups in total. The van der Waals surface area contributed by atoms with Crippen LogP contribution >= 0.6 is 0 Å². The first-order valence-corrected chi connectivity index (χ1v) is 6.68. The maximum Gasteiger partial charge on any atom is 0.241 e. The Labute approximate surface area is 104 Å². The number of carbonyl (C=O) groups is 1. The number of amides is 1. The van der Waals surface area contributed by atoms with Gasteiger partial charge in [0.2, 0.25) is 5.91 Å². The van der Waals surface area contributed by atoms with Gasteiger partial charge in [-0.15, -0.1) is 0 Å². The molecule has 2 rings (SSSR count). The van der Waals surface area contributed by atoms with Crippen LogP contribution in [0.3, 0.4) is 0 Å². The third kappa shape index (κ3) is 2.33. The van der Waals surface area contributed by atoms with E-state index in [1.54, 1.807) is 0 Å². The summed E-state index contributed by atoms with van der Waals surface area (Å²) in [5, 5.41) is 3.49. The number of hydrogen-bond donors (Lipinski definition) is 1. The first kappa shape index (κ1) is 12.8. The molecule has 17 heavy (non-hydrogen) atoms. The van der Waals surface area contributed by atoms with Gasteiger partial charge in [0.15, 0.2) is 0 Å². The van der Waals surface area contributed by atoms with Gasteiger partial charge in [-0.1, -0.05) is 27.7 Å². The molecule has 2 fully saturated rings. The molecule has 0 aromatic carbocycles. The van der Waals surface area contributed by atoms with Crippen LogP contribution < -0.4 is 5.32 Å². The van der Waals surface area contributed by atoms with Crippen molar-refractivity contribution in [3.8, 4) is 0 Å². The van der Waals surface area contributed by atoms with Crippen molar-refractivity contribution in [2.45, 2.75) is 52.4 Å². The predicted octanol–water partition coefficient (Wildman–Crippen LogP) is 1.21. The molecule has 0 spiro atoms. The van der Waals surface area contributed by atoms with E-state index in [0.717, 1.165) is 13.0 Å². The van der Waals surface area contributed by atoms with Gasteiger partial charge in [-0.05, 0) is 18.3 Å². The largest absolute Gasteiger partial charge is 0.379 e. The molecule has 0 aromatic heterocycles. The van der Waals surface area contributed by atoms with Gasteiger partial charge in [0, 0.05) is 6.61 Å². The molecule has 0 aromatic rings. The van der Waals surface area contributed by atoms with Crippen LogP contribution in [-0.2, 0) is 9.53 Å². The molecular formula is C13H24N2O2. The maximum atomic E-state index is 12.5. The molecule has 4 heteroatoms. The lowest BCUT2D eigenvalue weighted by Gasteiger charge is -2.31. The molecule has 98 valence electrons. The van der Waals surface area contributed by atoms with Crippen molar-refractivity contribution < 1.29 is 9.53 Å². The lowest BCUT2D eigenvalue weighted by molar-refractivity contribution is -0.133. The van der Waals surface area contributed by atoms with E-state index < -0.39 is 0 Å². The minimum atomic E-state index is -0.0250. The second-order valence-corrected chi connectivity index (χ2v) is 5.84. The summed E-state index contributed by atoms with van der Waals surface area (Å²) in [6.45, 7) is 10.0. The lowest BCUT2D eigenvalue weighted by Crippen LogP contribution is -2.47. The summed E-state index contributed by atoms with van der Waals surface area (Å²) in [5.41, 5.74) is 0. The van der Waals surface area contributed by atoms with Crippen molar-refractivity contribution >= 4 is 5.91 Å². The van der Waals surface area contributed by atoms with Gasteiger partial charge in [-0.3, -0.25) is 10.1 Å². The molecule has 0 aliphatic carbocycles. The molecule has 2 aliphatic rings. The molecule has 2 heterocycles. The molecule has 4 nitrogen and oxygen atoms in total. The van der Waals surface area contributed by atoms with E-state index in [1.807, 2.05) is 4.90 Å². The van der Waals surface area contributed by atoms with Crippen LogP contribution in [0.25, 0.3) is 0 Å². The summed E-state index contributed by atoms with van der Waals surface area (Å²) in [4.78, 5) is 14.5. The van der Waals surface area contributed by atoms with E-state index in [2.05, 4.69) is 33.0 Å². The van der Waals surface area contributed by atoms with Crippen LogP contribution in [0.15, 0.2) is 0 Å². The molecule has 0 saturated carbocycles. The van der Waals surface area contributed by atoms with Gasteiger partial charge in [0.05, 0.1) is 24.9 Å². The van der Waals surface area contributed by atoms with Crippen LogP contribution in [0, 0.1) is 11.8 Å². The molecule has 2 saturated heterocycles. The summed E-state index contributed by atoms with van der Waals surface area (Å²) in [6.07, 6.45) is 1.14. The van der Waals surface area contributed by atoms with Gasteiger partial charge >= 0.3 is 0 Å². The second-order valence-electron chi connectivity index (χ2n) is 5.84. The highest BCUT2D eigenvalue weighted by Crippen LogP contribution is 2.26. The third-order valence-corrected chi connectivity index (χ3v) is 3.77. The minimum absolute atomic E-state index is 0.0250. The molecule has 3 atom stereocenters. The molecule has 3 unspecified atom stereocenters. The Bertz CT molecular complexity index is 285. The number of nitrogens with one attached hydrogen (secondary N) is 1. The molecule has 0 bridgehead atoms. The quantitative estimate of drug-likeness (QED) is 0.806. The highest BCUT2D eigenvalue weighted by atomic mass is 16.5. The first-order chi connectivity index (χ1) is 8.02. The monoisotopic (exact) mass is 240 g/mol. The Morgan fingerprint density at radius 2 is 2.00 bits per heavy atom. The Kier molecular flexibility index (Phi) is 3.73. The summed E-state index contributed by atoms with van der Waals surface area (Å²) in [5.74, 6) is 1.04. The predicted molar refractivity (Wildman–Crippen MR) is 66.5 cm³/mol. The molecule has 0 radical (unpaired) electrons. The zero-order valence-corrected chi connectivity index (χ0v) is 11.3. The van der Waals surface area contributed by atoms with Gasteiger partial charge < -0.3 is 9.64 Å². The van der Waals surface area contributed by atoms with Gasteiger partial charge in [-0.2, -0.15) is 0 Å². The average molecular weight is 240 g/mol. The van der Waals surface area contributed by atoms with Gasteiger partial charge in [0.25, 0.3) is 0 Å². The summed E-state index contributed by atoms with van der Waals surface area (Å²) in [6, 6.07) is 0.245. The first-order valence-electron chi connectivity index (χ1n) is 6.68. The van der Waals surface area contributed by atoms with E-state index in [4.69, 9.17) is 4.74 Å². The van der Waals surface area contributed by atoms with Crippen LogP contribution in [0.5, 0.6) is 0 Å². The van der Waals surface area contributed by atoms with Gasteiger partial charge in [0.1, 0.15) is 0 Å². The van der Waals surface area contributed by atoms with Crippen LogP contribution in [-0.4, -0.2) is 42.3 Å². The van der Waals surface area contributed by atoms with E-state index in [-0.39, 0.29) is 24.2 Å².